The molecule has 5 heterocycles. The van der Waals surface area contributed by atoms with Gasteiger partial charge in [0.05, 0.1) is 52.6 Å². The second-order valence-electron chi connectivity index (χ2n) is 12.8. The van der Waals surface area contributed by atoms with Crippen molar-refractivity contribution in [2.24, 2.45) is 0 Å². The van der Waals surface area contributed by atoms with Crippen LogP contribution in [0, 0.1) is 3.70 Å². The van der Waals surface area contributed by atoms with Crippen LogP contribution in [-0.4, -0.2) is 73.7 Å². The number of aromatic nitrogens is 8. The molecule has 1 aliphatic rings. The largest absolute Gasteiger partial charge is 0.389 e. The van der Waals surface area contributed by atoms with Crippen LogP contribution in [-0.2, 0) is 0 Å². The third-order valence-corrected chi connectivity index (χ3v) is 8.41. The van der Waals surface area contributed by atoms with E-state index in [9.17, 15) is 10.2 Å². The van der Waals surface area contributed by atoms with Crippen molar-refractivity contribution in [3.63, 3.8) is 0 Å². The fraction of sp³-hybridized carbons (Fsp3) is 0.344. The van der Waals surface area contributed by atoms with E-state index in [1.54, 1.807) is 61.3 Å². The summed E-state index contributed by atoms with van der Waals surface area (Å²) in [7, 11) is 0. The predicted octanol–water partition coefficient (Wildman–Crippen LogP) is 6.67. The summed E-state index contributed by atoms with van der Waals surface area (Å²) in [6.07, 6.45) is 7.85. The Bertz CT molecular complexity index is 2020. The van der Waals surface area contributed by atoms with Crippen LogP contribution in [0.15, 0.2) is 55.0 Å². The maximum Gasteiger partial charge on any atom is 0.178 e. The van der Waals surface area contributed by atoms with E-state index in [-0.39, 0.29) is 0 Å². The zero-order chi connectivity index (χ0) is 33.5. The summed E-state index contributed by atoms with van der Waals surface area (Å²) in [6.45, 7) is 7.72. The molecule has 0 amide bonds. The van der Waals surface area contributed by atoms with Gasteiger partial charge in [-0.15, -0.1) is 0 Å². The predicted molar refractivity (Wildman–Crippen MR) is 193 cm³/mol. The summed E-state index contributed by atoms with van der Waals surface area (Å²) >= 11 is 14.3. The molecular weight excluding hydrogens is 754 g/mol. The lowest BCUT2D eigenvalue weighted by Gasteiger charge is -2.18. The van der Waals surface area contributed by atoms with E-state index in [1.807, 2.05) is 18.3 Å². The van der Waals surface area contributed by atoms with Crippen molar-refractivity contribution < 1.29 is 10.2 Å². The SMILES string of the molecule is CC(C)(O)CNc1cc(Cl)nn2c(-c3ccc(-c4cnc(C5CC5)[nH]4)cc3)cnc12.CC(C)(O)CNc1cc(Cl)nn2c(I)cnc12. The van der Waals surface area contributed by atoms with Crippen LogP contribution in [0.2, 0.25) is 10.3 Å². The third-order valence-electron chi connectivity index (χ3n) is 7.31. The molecule has 0 bridgehead atoms. The number of hydrogen-bond donors (Lipinski definition) is 5. The second-order valence-corrected chi connectivity index (χ2v) is 14.7. The highest BCUT2D eigenvalue weighted by molar-refractivity contribution is 14.1. The lowest BCUT2D eigenvalue weighted by atomic mass is 10.1. The van der Waals surface area contributed by atoms with Gasteiger partial charge in [0.2, 0.25) is 0 Å². The first-order valence-electron chi connectivity index (χ1n) is 15.1. The third kappa shape index (κ3) is 8.15. The highest BCUT2D eigenvalue weighted by Gasteiger charge is 2.26. The van der Waals surface area contributed by atoms with Gasteiger partial charge in [0.15, 0.2) is 21.6 Å². The van der Waals surface area contributed by atoms with Crippen molar-refractivity contribution in [1.82, 2.24) is 39.2 Å². The molecule has 0 unspecified atom stereocenters. The lowest BCUT2D eigenvalue weighted by molar-refractivity contribution is 0.0939. The van der Waals surface area contributed by atoms with Crippen LogP contribution in [0.25, 0.3) is 33.8 Å². The Hall–Kier alpha value is -3.50. The molecule has 0 saturated heterocycles. The summed E-state index contributed by atoms with van der Waals surface area (Å²) in [5.74, 6) is 1.69. The van der Waals surface area contributed by atoms with Crippen LogP contribution in [0.4, 0.5) is 11.4 Å². The molecule has 0 aliphatic heterocycles. The summed E-state index contributed by atoms with van der Waals surface area (Å²) in [6, 6.07) is 11.6. The number of nitrogens with zero attached hydrogens (tertiary/aromatic N) is 7. The molecule has 1 fully saturated rings. The van der Waals surface area contributed by atoms with Crippen LogP contribution < -0.4 is 10.6 Å². The molecule has 6 aromatic rings. The van der Waals surface area contributed by atoms with Crippen molar-refractivity contribution >= 4 is 68.5 Å². The number of halogens is 3. The van der Waals surface area contributed by atoms with Gasteiger partial charge in [0, 0.05) is 36.7 Å². The summed E-state index contributed by atoms with van der Waals surface area (Å²) in [4.78, 5) is 16.7. The van der Waals surface area contributed by atoms with Gasteiger partial charge < -0.3 is 25.8 Å². The van der Waals surface area contributed by atoms with E-state index in [4.69, 9.17) is 23.2 Å². The molecule has 1 aliphatic carbocycles. The number of hydrogen-bond acceptors (Lipinski definition) is 9. The average Bonchev–Trinajstić information content (AvgIpc) is 3.39. The molecule has 0 radical (unpaired) electrons. The summed E-state index contributed by atoms with van der Waals surface area (Å²) in [5.41, 5.74) is 5.13. The van der Waals surface area contributed by atoms with Crippen molar-refractivity contribution in [2.45, 2.75) is 57.7 Å². The Morgan fingerprint density at radius 2 is 1.34 bits per heavy atom. The second kappa shape index (κ2) is 13.2. The van der Waals surface area contributed by atoms with Gasteiger partial charge in [-0.05, 0) is 68.7 Å². The average molecular weight is 790 g/mol. The number of aromatic amines is 1. The number of nitrogens with one attached hydrogen (secondary N) is 3. The fourth-order valence-electron chi connectivity index (χ4n) is 4.80. The van der Waals surface area contributed by atoms with E-state index < -0.39 is 11.2 Å². The zero-order valence-electron chi connectivity index (χ0n) is 26.3. The molecule has 1 saturated carbocycles. The number of H-pyrrole nitrogens is 1. The molecule has 5 N–H and O–H groups in total. The van der Waals surface area contributed by atoms with Gasteiger partial charge in [0.25, 0.3) is 0 Å². The number of anilines is 2. The number of fused-ring (bicyclic) bond motifs is 2. The van der Waals surface area contributed by atoms with Gasteiger partial charge >= 0.3 is 0 Å². The number of aliphatic hydroxyl groups is 2. The topological polar surface area (TPSA) is 154 Å². The van der Waals surface area contributed by atoms with E-state index in [0.717, 1.165) is 43.4 Å². The molecule has 12 nitrogen and oxygen atoms in total. The maximum atomic E-state index is 10.0. The first kappa shape index (κ1) is 33.4. The normalized spacial score (nSPS) is 13.6. The number of rotatable bonds is 9. The zero-order valence-corrected chi connectivity index (χ0v) is 29.9. The number of benzene rings is 1. The smallest absolute Gasteiger partial charge is 0.178 e. The minimum absolute atomic E-state index is 0.349. The Morgan fingerprint density at radius 1 is 0.809 bits per heavy atom. The van der Waals surface area contributed by atoms with E-state index >= 15 is 0 Å². The lowest BCUT2D eigenvalue weighted by Crippen LogP contribution is -2.29. The summed E-state index contributed by atoms with van der Waals surface area (Å²) < 4.78 is 4.27. The van der Waals surface area contributed by atoms with Crippen LogP contribution in [0.1, 0.15) is 52.3 Å². The van der Waals surface area contributed by atoms with Crippen LogP contribution >= 0.6 is 45.8 Å². The molecule has 0 spiro atoms. The molecular formula is C32H35Cl2IN10O2. The molecule has 5 aromatic heterocycles. The van der Waals surface area contributed by atoms with Crippen molar-refractivity contribution in [2.75, 3.05) is 23.7 Å². The van der Waals surface area contributed by atoms with Gasteiger partial charge in [-0.2, -0.15) is 10.2 Å². The first-order chi connectivity index (χ1) is 22.2. The molecule has 15 heteroatoms. The molecule has 0 atom stereocenters. The van der Waals surface area contributed by atoms with E-state index in [0.29, 0.717) is 40.6 Å². The van der Waals surface area contributed by atoms with Gasteiger partial charge in [-0.1, -0.05) is 47.5 Å². The van der Waals surface area contributed by atoms with Crippen LogP contribution in [0.3, 0.4) is 0 Å². The van der Waals surface area contributed by atoms with Crippen molar-refractivity contribution in [3.8, 4) is 22.5 Å². The van der Waals surface area contributed by atoms with Gasteiger partial charge in [-0.25, -0.2) is 24.0 Å². The monoisotopic (exact) mass is 788 g/mol. The highest BCUT2D eigenvalue weighted by atomic mass is 127. The van der Waals surface area contributed by atoms with E-state index in [2.05, 4.69) is 75.5 Å². The standard InChI is InChI=1S/C22H23ClN6O.C10H12ClIN4O/c1-22(2,30)12-26-16-9-19(23)28-29-18(11-25-21(16)29)14-5-3-13(4-6-14)17-10-24-20(27-17)15-7-8-15;1-10(2,17)5-14-6-3-7(11)15-16-8(12)4-13-9(6)16/h3-6,9-11,15,26,30H,7-8,12H2,1-2H3,(H,24,27);3-4,14,17H,5H2,1-2H3. The fourth-order valence-corrected chi connectivity index (χ4v) is 5.64. The van der Waals surface area contributed by atoms with Gasteiger partial charge in [-0.3, -0.25) is 0 Å². The number of imidazole rings is 3. The Kier molecular flexibility index (Phi) is 9.37. The molecule has 246 valence electrons. The Balaban J connectivity index is 0.000000193. The molecule has 7 rings (SSSR count). The Labute approximate surface area is 295 Å². The molecule has 1 aromatic carbocycles. The summed E-state index contributed by atoms with van der Waals surface area (Å²) in [5, 5.41) is 35.3. The maximum absolute atomic E-state index is 10.0. The van der Waals surface area contributed by atoms with Crippen molar-refractivity contribution in [3.05, 3.63) is 74.8 Å². The Morgan fingerprint density at radius 3 is 1.91 bits per heavy atom. The molecule has 47 heavy (non-hydrogen) atoms. The van der Waals surface area contributed by atoms with Crippen LogP contribution in [0.5, 0.6) is 0 Å². The first-order valence-corrected chi connectivity index (χ1v) is 16.9. The minimum atomic E-state index is -0.857. The van der Waals surface area contributed by atoms with E-state index in [1.165, 1.54) is 12.8 Å². The highest BCUT2D eigenvalue weighted by Crippen LogP contribution is 2.39. The quantitative estimate of drug-likeness (QED) is 0.101. The van der Waals surface area contributed by atoms with Crippen molar-refractivity contribution in [1.29, 1.82) is 0 Å². The minimum Gasteiger partial charge on any atom is -0.389 e. The van der Waals surface area contributed by atoms with Gasteiger partial charge in [0.1, 0.15) is 9.53 Å².